The summed E-state index contributed by atoms with van der Waals surface area (Å²) >= 11 is 0. The number of rotatable bonds is 3. The van der Waals surface area contributed by atoms with Gasteiger partial charge in [-0.15, -0.1) is 0 Å². The molecule has 0 unspecified atom stereocenters. The maximum Gasteiger partial charge on any atom is 0.341 e. The quantitative estimate of drug-likeness (QED) is 0.847. The molecule has 2 rings (SSSR count). The fraction of sp³-hybridized carbons (Fsp3) is 0.250. The Morgan fingerprint density at radius 3 is 2.38 bits per heavy atom. The maximum atomic E-state index is 11.8. The molecule has 0 aliphatic rings. The van der Waals surface area contributed by atoms with Gasteiger partial charge in [-0.2, -0.15) is 0 Å². The lowest BCUT2D eigenvalue weighted by Gasteiger charge is -2.15. The molecule has 0 bridgehead atoms. The number of hydrogen-bond donors (Lipinski definition) is 2. The average Bonchev–Trinajstić information content (AvgIpc) is 2.43. The van der Waals surface area contributed by atoms with Crippen molar-refractivity contribution in [2.24, 2.45) is 0 Å². The molecule has 0 saturated heterocycles. The van der Waals surface area contributed by atoms with E-state index in [4.69, 9.17) is 10.5 Å². The molecule has 5 heteroatoms. The maximum absolute atomic E-state index is 11.8. The minimum Gasteiger partial charge on any atom is -0.465 e. The zero-order chi connectivity index (χ0) is 15.6. The number of benzene rings is 1. The van der Waals surface area contributed by atoms with Gasteiger partial charge in [-0.25, -0.2) is 9.78 Å². The van der Waals surface area contributed by atoms with Crippen LogP contribution in [0.4, 0.5) is 17.2 Å². The van der Waals surface area contributed by atoms with E-state index < -0.39 is 5.97 Å². The largest absolute Gasteiger partial charge is 0.465 e. The molecule has 21 heavy (non-hydrogen) atoms. The van der Waals surface area contributed by atoms with Crippen LogP contribution in [0.5, 0.6) is 0 Å². The molecule has 2 aromatic rings. The predicted molar refractivity (Wildman–Crippen MR) is 83.9 cm³/mol. The molecule has 0 amide bonds. The van der Waals surface area contributed by atoms with Gasteiger partial charge in [0.15, 0.2) is 0 Å². The number of aryl methyl sites for hydroxylation is 3. The monoisotopic (exact) mass is 285 g/mol. The molecule has 5 nitrogen and oxygen atoms in total. The molecule has 1 heterocycles. The molecule has 0 radical (unpaired) electrons. The van der Waals surface area contributed by atoms with Crippen molar-refractivity contribution >= 4 is 23.2 Å². The molecule has 0 aliphatic carbocycles. The molecule has 0 spiro atoms. The highest BCUT2D eigenvalue weighted by Gasteiger charge is 2.15. The number of nitrogens with zero attached hydrogens (tertiary/aromatic N) is 1. The summed E-state index contributed by atoms with van der Waals surface area (Å²) in [6, 6.07) is 5.70. The van der Waals surface area contributed by atoms with Crippen molar-refractivity contribution in [3.8, 4) is 0 Å². The van der Waals surface area contributed by atoms with Crippen molar-refractivity contribution in [1.82, 2.24) is 4.98 Å². The molecule has 1 aromatic heterocycles. The third kappa shape index (κ3) is 3.13. The third-order valence-electron chi connectivity index (χ3n) is 3.23. The van der Waals surface area contributed by atoms with Crippen LogP contribution in [0.25, 0.3) is 0 Å². The minimum atomic E-state index is -0.472. The van der Waals surface area contributed by atoms with E-state index in [-0.39, 0.29) is 0 Å². The number of nitrogens with two attached hydrogens (primary N) is 1. The molecular formula is C16H19N3O2. The van der Waals surface area contributed by atoms with Gasteiger partial charge < -0.3 is 15.8 Å². The molecule has 0 aliphatic heterocycles. The van der Waals surface area contributed by atoms with Gasteiger partial charge >= 0.3 is 5.97 Å². The van der Waals surface area contributed by atoms with E-state index in [1.54, 1.807) is 6.07 Å². The first-order chi connectivity index (χ1) is 9.92. The first-order valence-corrected chi connectivity index (χ1v) is 6.61. The summed E-state index contributed by atoms with van der Waals surface area (Å²) in [5.41, 5.74) is 10.7. The Hall–Kier alpha value is -2.56. The Balaban J connectivity index is 2.47. The standard InChI is InChI=1S/C16H19N3O2/c1-9-5-10(2)14(11(3)6-9)19-15-13(16(20)21-4)7-12(17)8-18-15/h5-8H,17H2,1-4H3,(H,18,19). The van der Waals surface area contributed by atoms with Crippen LogP contribution in [-0.4, -0.2) is 18.1 Å². The number of carbonyl (C=O) groups is 1. The number of esters is 1. The number of nitrogen functional groups attached to an aromatic ring is 1. The van der Waals surface area contributed by atoms with Crippen molar-refractivity contribution in [2.75, 3.05) is 18.2 Å². The Kier molecular flexibility index (Phi) is 4.12. The zero-order valence-electron chi connectivity index (χ0n) is 12.7. The number of anilines is 3. The fourth-order valence-corrected chi connectivity index (χ4v) is 2.34. The van der Waals surface area contributed by atoms with Crippen molar-refractivity contribution in [3.05, 3.63) is 46.6 Å². The van der Waals surface area contributed by atoms with Crippen molar-refractivity contribution in [1.29, 1.82) is 0 Å². The number of methoxy groups -OCH3 is 1. The molecule has 1 aromatic carbocycles. The highest BCUT2D eigenvalue weighted by atomic mass is 16.5. The normalized spacial score (nSPS) is 10.3. The van der Waals surface area contributed by atoms with E-state index in [0.717, 1.165) is 16.8 Å². The lowest BCUT2D eigenvalue weighted by molar-refractivity contribution is 0.0601. The molecule has 110 valence electrons. The number of ether oxygens (including phenoxy) is 1. The van der Waals surface area contributed by atoms with Gasteiger partial charge in [0, 0.05) is 5.69 Å². The highest BCUT2D eigenvalue weighted by Crippen LogP contribution is 2.27. The van der Waals surface area contributed by atoms with Gasteiger partial charge in [0.2, 0.25) is 0 Å². The van der Waals surface area contributed by atoms with Crippen LogP contribution in [0, 0.1) is 20.8 Å². The smallest absolute Gasteiger partial charge is 0.341 e. The highest BCUT2D eigenvalue weighted by molar-refractivity contribution is 5.96. The van der Waals surface area contributed by atoms with Gasteiger partial charge in [-0.1, -0.05) is 17.7 Å². The minimum absolute atomic E-state index is 0.317. The number of aromatic nitrogens is 1. The number of carbonyl (C=O) groups excluding carboxylic acids is 1. The molecule has 0 saturated carbocycles. The number of nitrogens with one attached hydrogen (secondary N) is 1. The average molecular weight is 285 g/mol. The first-order valence-electron chi connectivity index (χ1n) is 6.61. The van der Waals surface area contributed by atoms with Gasteiger partial charge in [0.05, 0.1) is 19.0 Å². The summed E-state index contributed by atoms with van der Waals surface area (Å²) in [7, 11) is 1.33. The Bertz CT molecular complexity index is 673. The van der Waals surface area contributed by atoms with Crippen LogP contribution >= 0.6 is 0 Å². The van der Waals surface area contributed by atoms with Crippen LogP contribution in [-0.2, 0) is 4.74 Å². The summed E-state index contributed by atoms with van der Waals surface area (Å²) in [5.74, 6) is -0.0363. The van der Waals surface area contributed by atoms with Crippen LogP contribution in [0.2, 0.25) is 0 Å². The van der Waals surface area contributed by atoms with E-state index in [1.165, 1.54) is 18.9 Å². The molecular weight excluding hydrogens is 266 g/mol. The summed E-state index contributed by atoms with van der Waals surface area (Å²) in [6.45, 7) is 6.07. The lowest BCUT2D eigenvalue weighted by Crippen LogP contribution is -2.09. The summed E-state index contributed by atoms with van der Waals surface area (Å²) in [6.07, 6.45) is 1.51. The van der Waals surface area contributed by atoms with E-state index in [1.807, 2.05) is 20.8 Å². The van der Waals surface area contributed by atoms with Crippen LogP contribution < -0.4 is 11.1 Å². The van der Waals surface area contributed by atoms with E-state index in [2.05, 4.69) is 22.4 Å². The topological polar surface area (TPSA) is 77.2 Å². The Morgan fingerprint density at radius 1 is 1.19 bits per heavy atom. The fourth-order valence-electron chi connectivity index (χ4n) is 2.34. The van der Waals surface area contributed by atoms with E-state index in [9.17, 15) is 4.79 Å². The van der Waals surface area contributed by atoms with Gasteiger partial charge in [-0.3, -0.25) is 0 Å². The second kappa shape index (κ2) is 5.83. The Morgan fingerprint density at radius 2 is 1.81 bits per heavy atom. The van der Waals surface area contributed by atoms with Gasteiger partial charge in [0.25, 0.3) is 0 Å². The van der Waals surface area contributed by atoms with Crippen molar-refractivity contribution in [3.63, 3.8) is 0 Å². The molecule has 3 N–H and O–H groups in total. The van der Waals surface area contributed by atoms with Crippen molar-refractivity contribution in [2.45, 2.75) is 20.8 Å². The second-order valence-electron chi connectivity index (χ2n) is 5.06. The lowest BCUT2D eigenvalue weighted by atomic mass is 10.0. The number of pyridine rings is 1. The molecule has 0 atom stereocenters. The number of hydrogen-bond acceptors (Lipinski definition) is 5. The van der Waals surface area contributed by atoms with Crippen LogP contribution in [0.1, 0.15) is 27.0 Å². The van der Waals surface area contributed by atoms with Crippen LogP contribution in [0.15, 0.2) is 24.4 Å². The van der Waals surface area contributed by atoms with Gasteiger partial charge in [-0.05, 0) is 38.0 Å². The van der Waals surface area contributed by atoms with Gasteiger partial charge in [0.1, 0.15) is 11.4 Å². The summed E-state index contributed by atoms with van der Waals surface area (Å²) in [5, 5.41) is 3.21. The van der Waals surface area contributed by atoms with E-state index >= 15 is 0 Å². The third-order valence-corrected chi connectivity index (χ3v) is 3.23. The zero-order valence-corrected chi connectivity index (χ0v) is 12.7. The molecule has 0 fully saturated rings. The summed E-state index contributed by atoms with van der Waals surface area (Å²) < 4.78 is 4.77. The first kappa shape index (κ1) is 14.8. The van der Waals surface area contributed by atoms with E-state index in [0.29, 0.717) is 17.1 Å². The SMILES string of the molecule is COC(=O)c1cc(N)cnc1Nc1c(C)cc(C)cc1C. The van der Waals surface area contributed by atoms with Crippen molar-refractivity contribution < 1.29 is 9.53 Å². The van der Waals surface area contributed by atoms with Crippen LogP contribution in [0.3, 0.4) is 0 Å². The predicted octanol–water partition coefficient (Wildman–Crippen LogP) is 3.12. The second-order valence-corrected chi connectivity index (χ2v) is 5.06. The summed E-state index contributed by atoms with van der Waals surface area (Å²) in [4.78, 5) is 16.1. The Labute approximate surface area is 124 Å².